The average molecular weight is 278 g/mol. The molecule has 1 rings (SSSR count). The molecule has 0 bridgehead atoms. The molecular formula is C11H22N2O2S2. The Labute approximate surface area is 109 Å². The summed E-state index contributed by atoms with van der Waals surface area (Å²) in [5.41, 5.74) is 0. The number of hydrogen-bond donors (Lipinski definition) is 1. The van der Waals surface area contributed by atoms with Crippen LogP contribution in [0, 0.1) is 5.92 Å². The van der Waals surface area contributed by atoms with Gasteiger partial charge in [-0.2, -0.15) is 0 Å². The lowest BCUT2D eigenvalue weighted by atomic mass is 10.0. The predicted molar refractivity (Wildman–Crippen MR) is 75.5 cm³/mol. The van der Waals surface area contributed by atoms with Crippen molar-refractivity contribution >= 4 is 26.8 Å². The summed E-state index contributed by atoms with van der Waals surface area (Å²) in [4.78, 5) is 4.42. The third-order valence-electron chi connectivity index (χ3n) is 2.71. The van der Waals surface area contributed by atoms with Crippen LogP contribution in [-0.2, 0) is 9.84 Å². The van der Waals surface area contributed by atoms with Crippen molar-refractivity contribution in [1.82, 2.24) is 5.32 Å². The normalized spacial score (nSPS) is 24.0. The highest BCUT2D eigenvalue weighted by Crippen LogP contribution is 2.18. The van der Waals surface area contributed by atoms with Crippen LogP contribution in [-0.4, -0.2) is 43.9 Å². The summed E-state index contributed by atoms with van der Waals surface area (Å²) in [6.07, 6.45) is 3.05. The Bertz CT molecular complexity index is 364. The topological polar surface area (TPSA) is 58.5 Å². The molecule has 1 fully saturated rings. The fourth-order valence-corrected chi connectivity index (χ4v) is 3.29. The molecule has 1 saturated heterocycles. The molecule has 1 atom stereocenters. The molecule has 100 valence electrons. The van der Waals surface area contributed by atoms with Gasteiger partial charge in [-0.05, 0) is 18.8 Å². The maximum absolute atomic E-state index is 11.0. The molecule has 6 heteroatoms. The number of nitrogens with one attached hydrogen (secondary N) is 1. The Morgan fingerprint density at radius 1 is 1.53 bits per heavy atom. The van der Waals surface area contributed by atoms with E-state index in [-0.39, 0.29) is 5.75 Å². The van der Waals surface area contributed by atoms with Crippen molar-refractivity contribution in [2.45, 2.75) is 32.7 Å². The van der Waals surface area contributed by atoms with Gasteiger partial charge in [0.15, 0.2) is 5.17 Å². The highest BCUT2D eigenvalue weighted by atomic mass is 32.2. The third kappa shape index (κ3) is 6.31. The van der Waals surface area contributed by atoms with Gasteiger partial charge in [0.2, 0.25) is 0 Å². The molecule has 0 radical (unpaired) electrons. The lowest BCUT2D eigenvalue weighted by Crippen LogP contribution is -2.41. The van der Waals surface area contributed by atoms with Gasteiger partial charge >= 0.3 is 0 Å². The van der Waals surface area contributed by atoms with E-state index in [0.29, 0.717) is 24.9 Å². The first-order chi connectivity index (χ1) is 7.88. The summed E-state index contributed by atoms with van der Waals surface area (Å²) in [6, 6.07) is 0.505. The van der Waals surface area contributed by atoms with Gasteiger partial charge in [-0.25, -0.2) is 8.42 Å². The maximum Gasteiger partial charge on any atom is 0.156 e. The predicted octanol–water partition coefficient (Wildman–Crippen LogP) is 1.53. The smallest absolute Gasteiger partial charge is 0.156 e. The molecule has 1 unspecified atom stereocenters. The molecule has 0 aromatic rings. The van der Waals surface area contributed by atoms with E-state index >= 15 is 0 Å². The van der Waals surface area contributed by atoms with E-state index in [4.69, 9.17) is 0 Å². The average Bonchev–Trinajstić information content (AvgIpc) is 2.23. The Morgan fingerprint density at radius 2 is 2.24 bits per heavy atom. The van der Waals surface area contributed by atoms with E-state index in [1.807, 2.05) is 0 Å². The van der Waals surface area contributed by atoms with Gasteiger partial charge in [-0.1, -0.05) is 25.6 Å². The minimum atomic E-state index is -2.85. The highest BCUT2D eigenvalue weighted by molar-refractivity contribution is 8.13. The molecule has 1 aliphatic heterocycles. The second-order valence-corrected chi connectivity index (χ2v) is 8.15. The molecule has 0 aliphatic carbocycles. The van der Waals surface area contributed by atoms with E-state index in [0.717, 1.165) is 10.9 Å². The van der Waals surface area contributed by atoms with Crippen LogP contribution in [0.3, 0.4) is 0 Å². The van der Waals surface area contributed by atoms with Gasteiger partial charge in [0.05, 0.1) is 5.75 Å². The standard InChI is InChI=1S/C11H22N2O2S2/c1-9(2)10-5-7-16-11(13-10)12-6-4-8-17(3,14)15/h9-10H,4-8H2,1-3H3,(H,12,13). The van der Waals surface area contributed by atoms with E-state index in [2.05, 4.69) is 24.2 Å². The summed E-state index contributed by atoms with van der Waals surface area (Å²) in [7, 11) is -2.85. The molecule has 0 aromatic heterocycles. The summed E-state index contributed by atoms with van der Waals surface area (Å²) >= 11 is 1.73. The van der Waals surface area contributed by atoms with E-state index < -0.39 is 9.84 Å². The zero-order valence-corrected chi connectivity index (χ0v) is 12.4. The Morgan fingerprint density at radius 3 is 2.82 bits per heavy atom. The molecule has 0 saturated carbocycles. The molecular weight excluding hydrogens is 256 g/mol. The molecule has 1 aliphatic rings. The van der Waals surface area contributed by atoms with Gasteiger partial charge in [0, 0.05) is 24.6 Å². The van der Waals surface area contributed by atoms with Crippen LogP contribution >= 0.6 is 11.8 Å². The molecule has 0 spiro atoms. The fourth-order valence-electron chi connectivity index (χ4n) is 1.65. The van der Waals surface area contributed by atoms with Crippen molar-refractivity contribution in [2.24, 2.45) is 10.9 Å². The van der Waals surface area contributed by atoms with Crippen molar-refractivity contribution in [3.8, 4) is 0 Å². The van der Waals surface area contributed by atoms with Crippen molar-refractivity contribution in [3.63, 3.8) is 0 Å². The summed E-state index contributed by atoms with van der Waals surface area (Å²) in [5, 5.41) is 4.39. The molecule has 0 amide bonds. The molecule has 1 heterocycles. The van der Waals surface area contributed by atoms with Crippen molar-refractivity contribution in [2.75, 3.05) is 24.3 Å². The first kappa shape index (κ1) is 14.8. The lowest BCUT2D eigenvalue weighted by molar-refractivity contribution is 0.442. The van der Waals surface area contributed by atoms with Crippen LogP contribution in [0.5, 0.6) is 0 Å². The minimum Gasteiger partial charge on any atom is -0.362 e. The van der Waals surface area contributed by atoms with Crippen LogP contribution in [0.25, 0.3) is 0 Å². The molecule has 1 N–H and O–H groups in total. The van der Waals surface area contributed by atoms with Gasteiger partial charge in [0.1, 0.15) is 9.84 Å². The van der Waals surface area contributed by atoms with Gasteiger partial charge in [-0.15, -0.1) is 0 Å². The van der Waals surface area contributed by atoms with E-state index in [9.17, 15) is 8.42 Å². The van der Waals surface area contributed by atoms with Gasteiger partial charge in [0.25, 0.3) is 0 Å². The first-order valence-electron chi connectivity index (χ1n) is 6.00. The summed E-state index contributed by atoms with van der Waals surface area (Å²) in [5.74, 6) is 1.93. The van der Waals surface area contributed by atoms with Crippen LogP contribution in [0.4, 0.5) is 0 Å². The van der Waals surface area contributed by atoms with Crippen molar-refractivity contribution in [3.05, 3.63) is 0 Å². The number of amidine groups is 1. The van der Waals surface area contributed by atoms with E-state index in [1.165, 1.54) is 12.7 Å². The first-order valence-corrected chi connectivity index (χ1v) is 9.04. The Hall–Kier alpha value is -0.230. The van der Waals surface area contributed by atoms with Crippen molar-refractivity contribution in [1.29, 1.82) is 0 Å². The monoisotopic (exact) mass is 278 g/mol. The van der Waals surface area contributed by atoms with Crippen LogP contribution in [0.2, 0.25) is 0 Å². The van der Waals surface area contributed by atoms with Crippen LogP contribution in [0.15, 0.2) is 4.99 Å². The molecule has 4 nitrogen and oxygen atoms in total. The Balaban J connectivity index is 2.34. The Kier molecular flexibility index (Phi) is 5.79. The number of nitrogens with zero attached hydrogens (tertiary/aromatic N) is 1. The fraction of sp³-hybridized carbons (Fsp3) is 0.909. The summed E-state index contributed by atoms with van der Waals surface area (Å²) < 4.78 is 21.9. The van der Waals surface area contributed by atoms with Gasteiger partial charge < -0.3 is 5.32 Å². The summed E-state index contributed by atoms with van der Waals surface area (Å²) in [6.45, 7) is 5.00. The largest absolute Gasteiger partial charge is 0.362 e. The number of thioether (sulfide) groups is 1. The number of aliphatic imine (C=N–C) groups is 1. The number of hydrogen-bond acceptors (Lipinski definition) is 4. The third-order valence-corrected chi connectivity index (χ3v) is 4.70. The maximum atomic E-state index is 11.0. The van der Waals surface area contributed by atoms with Crippen LogP contribution < -0.4 is 5.32 Å². The van der Waals surface area contributed by atoms with Crippen molar-refractivity contribution < 1.29 is 8.42 Å². The quantitative estimate of drug-likeness (QED) is 0.775. The minimum absolute atomic E-state index is 0.224. The number of rotatable bonds is 5. The lowest BCUT2D eigenvalue weighted by Gasteiger charge is -2.28. The molecule has 0 aromatic carbocycles. The molecule has 17 heavy (non-hydrogen) atoms. The number of sulfone groups is 1. The zero-order chi connectivity index (χ0) is 12.9. The second-order valence-electron chi connectivity index (χ2n) is 4.80. The SMILES string of the molecule is CC(C)C1CCSC(=NCCCS(C)(=O)=O)N1. The second kappa shape index (κ2) is 6.64. The van der Waals surface area contributed by atoms with E-state index in [1.54, 1.807) is 11.8 Å². The zero-order valence-electron chi connectivity index (χ0n) is 10.8. The van der Waals surface area contributed by atoms with Gasteiger partial charge in [-0.3, -0.25) is 4.99 Å². The van der Waals surface area contributed by atoms with Crippen LogP contribution in [0.1, 0.15) is 26.7 Å². The highest BCUT2D eigenvalue weighted by Gasteiger charge is 2.19.